The van der Waals surface area contributed by atoms with Gasteiger partial charge in [0.1, 0.15) is 23.7 Å². The second kappa shape index (κ2) is 8.34. The summed E-state index contributed by atoms with van der Waals surface area (Å²) in [4.78, 5) is 24.0. The van der Waals surface area contributed by atoms with Gasteiger partial charge in [-0.05, 0) is 30.3 Å². The monoisotopic (exact) mass is 366 g/mol. The quantitative estimate of drug-likeness (QED) is 0.767. The average Bonchev–Trinajstić information content (AvgIpc) is 2.57. The molecule has 0 saturated heterocycles. The van der Waals surface area contributed by atoms with Crippen LogP contribution in [0.3, 0.4) is 0 Å². The van der Waals surface area contributed by atoms with Gasteiger partial charge in [-0.2, -0.15) is 0 Å². The number of rotatable bonds is 6. The zero-order valence-corrected chi connectivity index (χ0v) is 14.3. The number of amides is 2. The van der Waals surface area contributed by atoms with E-state index in [1.165, 1.54) is 26.4 Å². The van der Waals surface area contributed by atoms with Gasteiger partial charge in [-0.1, -0.05) is 11.6 Å². The van der Waals surface area contributed by atoms with Crippen LogP contribution in [0.25, 0.3) is 0 Å². The van der Waals surface area contributed by atoms with E-state index in [4.69, 9.17) is 21.1 Å². The van der Waals surface area contributed by atoms with E-state index in [2.05, 4.69) is 10.6 Å². The fourth-order valence-corrected chi connectivity index (χ4v) is 2.21. The average molecular weight is 367 g/mol. The lowest BCUT2D eigenvalue weighted by Gasteiger charge is -2.12. The van der Waals surface area contributed by atoms with Crippen LogP contribution in [0.2, 0.25) is 5.02 Å². The first-order valence-electron chi connectivity index (χ1n) is 7.19. The first kappa shape index (κ1) is 18.5. The van der Waals surface area contributed by atoms with Crippen LogP contribution in [0, 0.1) is 5.82 Å². The van der Waals surface area contributed by atoms with Crippen molar-refractivity contribution in [3.63, 3.8) is 0 Å². The second-order valence-corrected chi connectivity index (χ2v) is 5.38. The number of methoxy groups -OCH3 is 2. The standard InChI is InChI=1S/C17H16ClFN2O4/c1-24-11-4-6-15(25-2)14(8-11)21-17(23)9-16(22)20-10-3-5-13(19)12(18)7-10/h3-8H,9H2,1-2H3,(H,20,22)(H,21,23). The minimum absolute atomic E-state index is 0.122. The van der Waals surface area contributed by atoms with Crippen LogP contribution in [0.15, 0.2) is 36.4 Å². The van der Waals surface area contributed by atoms with Crippen molar-refractivity contribution in [2.75, 3.05) is 24.9 Å². The molecule has 2 aromatic carbocycles. The van der Waals surface area contributed by atoms with E-state index in [1.54, 1.807) is 18.2 Å². The molecule has 0 aliphatic heterocycles. The molecule has 0 saturated carbocycles. The first-order chi connectivity index (χ1) is 11.9. The number of anilines is 2. The van der Waals surface area contributed by atoms with Crippen molar-refractivity contribution in [2.45, 2.75) is 6.42 Å². The van der Waals surface area contributed by atoms with Crippen molar-refractivity contribution in [3.05, 3.63) is 47.2 Å². The molecule has 0 spiro atoms. The smallest absolute Gasteiger partial charge is 0.233 e. The molecule has 132 valence electrons. The van der Waals surface area contributed by atoms with Gasteiger partial charge in [-0.25, -0.2) is 4.39 Å². The predicted octanol–water partition coefficient (Wildman–Crippen LogP) is 3.46. The molecular weight excluding hydrogens is 351 g/mol. The van der Waals surface area contributed by atoms with Gasteiger partial charge < -0.3 is 20.1 Å². The topological polar surface area (TPSA) is 76.7 Å². The van der Waals surface area contributed by atoms with E-state index in [0.717, 1.165) is 6.07 Å². The highest BCUT2D eigenvalue weighted by molar-refractivity contribution is 6.31. The van der Waals surface area contributed by atoms with E-state index in [1.807, 2.05) is 0 Å². The van der Waals surface area contributed by atoms with Gasteiger partial charge in [0.2, 0.25) is 11.8 Å². The van der Waals surface area contributed by atoms with Gasteiger partial charge in [-0.15, -0.1) is 0 Å². The van der Waals surface area contributed by atoms with Crippen LogP contribution in [0.1, 0.15) is 6.42 Å². The Morgan fingerprint density at radius 2 is 1.76 bits per heavy atom. The zero-order valence-electron chi connectivity index (χ0n) is 13.6. The highest BCUT2D eigenvalue weighted by atomic mass is 35.5. The highest BCUT2D eigenvalue weighted by Crippen LogP contribution is 2.29. The van der Waals surface area contributed by atoms with E-state index in [0.29, 0.717) is 22.9 Å². The predicted molar refractivity (Wildman–Crippen MR) is 92.8 cm³/mol. The molecule has 0 aromatic heterocycles. The van der Waals surface area contributed by atoms with Crippen LogP contribution < -0.4 is 20.1 Å². The van der Waals surface area contributed by atoms with Crippen LogP contribution >= 0.6 is 11.6 Å². The number of halogens is 2. The second-order valence-electron chi connectivity index (χ2n) is 4.97. The Morgan fingerprint density at radius 1 is 1.04 bits per heavy atom. The van der Waals surface area contributed by atoms with Crippen LogP contribution in [0.4, 0.5) is 15.8 Å². The largest absolute Gasteiger partial charge is 0.497 e. The van der Waals surface area contributed by atoms with Crippen LogP contribution in [-0.2, 0) is 9.59 Å². The summed E-state index contributed by atoms with van der Waals surface area (Å²) in [6.07, 6.45) is -0.435. The van der Waals surface area contributed by atoms with Crippen molar-refractivity contribution in [3.8, 4) is 11.5 Å². The van der Waals surface area contributed by atoms with Gasteiger partial charge >= 0.3 is 0 Å². The Bertz CT molecular complexity index is 798. The highest BCUT2D eigenvalue weighted by Gasteiger charge is 2.14. The lowest BCUT2D eigenvalue weighted by Crippen LogP contribution is -2.21. The molecule has 2 N–H and O–H groups in total. The molecule has 0 aliphatic carbocycles. The molecule has 25 heavy (non-hydrogen) atoms. The summed E-state index contributed by atoms with van der Waals surface area (Å²) in [7, 11) is 2.96. The molecule has 0 radical (unpaired) electrons. The zero-order chi connectivity index (χ0) is 18.4. The summed E-state index contributed by atoms with van der Waals surface area (Å²) in [6.45, 7) is 0. The molecule has 2 aromatic rings. The van der Waals surface area contributed by atoms with Crippen molar-refractivity contribution in [2.24, 2.45) is 0 Å². The molecule has 0 bridgehead atoms. The number of nitrogens with one attached hydrogen (secondary N) is 2. The number of hydrogen-bond acceptors (Lipinski definition) is 4. The van der Waals surface area contributed by atoms with Gasteiger partial charge in [0.15, 0.2) is 0 Å². The summed E-state index contributed by atoms with van der Waals surface area (Å²) < 4.78 is 23.3. The number of carbonyl (C=O) groups is 2. The third-order valence-corrected chi connectivity index (χ3v) is 3.49. The lowest BCUT2D eigenvalue weighted by molar-refractivity contribution is -0.123. The maximum Gasteiger partial charge on any atom is 0.233 e. The van der Waals surface area contributed by atoms with Crippen molar-refractivity contribution < 1.29 is 23.5 Å². The van der Waals surface area contributed by atoms with Gasteiger partial charge in [0.05, 0.1) is 24.9 Å². The Balaban J connectivity index is 1.99. The van der Waals surface area contributed by atoms with Crippen LogP contribution in [0.5, 0.6) is 11.5 Å². The number of benzene rings is 2. The minimum Gasteiger partial charge on any atom is -0.497 e. The molecular formula is C17H16ClFN2O4. The van der Waals surface area contributed by atoms with E-state index in [-0.39, 0.29) is 5.02 Å². The Morgan fingerprint density at radius 3 is 2.40 bits per heavy atom. The Kier molecular flexibility index (Phi) is 6.19. The third-order valence-electron chi connectivity index (χ3n) is 3.21. The van der Waals surface area contributed by atoms with E-state index in [9.17, 15) is 14.0 Å². The van der Waals surface area contributed by atoms with Crippen LogP contribution in [-0.4, -0.2) is 26.0 Å². The first-order valence-corrected chi connectivity index (χ1v) is 7.57. The summed E-state index contributed by atoms with van der Waals surface area (Å²) >= 11 is 5.64. The molecule has 0 heterocycles. The Labute approximate surface area is 148 Å². The molecule has 6 nitrogen and oxygen atoms in total. The molecule has 0 fully saturated rings. The molecule has 2 rings (SSSR count). The molecule has 0 aliphatic rings. The Hall–Kier alpha value is -2.80. The third kappa shape index (κ3) is 5.09. The van der Waals surface area contributed by atoms with Crippen molar-refractivity contribution >= 4 is 34.8 Å². The van der Waals surface area contributed by atoms with Gasteiger partial charge in [0.25, 0.3) is 0 Å². The minimum atomic E-state index is -0.595. The maximum atomic E-state index is 13.1. The molecule has 8 heteroatoms. The van der Waals surface area contributed by atoms with E-state index < -0.39 is 24.1 Å². The summed E-state index contributed by atoms with van der Waals surface area (Å²) in [5.41, 5.74) is 0.674. The molecule has 0 unspecified atom stereocenters. The SMILES string of the molecule is COc1ccc(OC)c(NC(=O)CC(=O)Nc2ccc(F)c(Cl)c2)c1. The summed E-state index contributed by atoms with van der Waals surface area (Å²) in [5, 5.41) is 4.93. The normalized spacial score (nSPS) is 10.1. The van der Waals surface area contributed by atoms with Gasteiger partial charge in [-0.3, -0.25) is 9.59 Å². The number of ether oxygens (including phenoxy) is 2. The molecule has 0 atom stereocenters. The summed E-state index contributed by atoms with van der Waals surface area (Å²) in [6, 6.07) is 8.63. The van der Waals surface area contributed by atoms with Gasteiger partial charge in [0, 0.05) is 11.8 Å². The van der Waals surface area contributed by atoms with E-state index >= 15 is 0 Å². The van der Waals surface area contributed by atoms with Crippen molar-refractivity contribution in [1.29, 1.82) is 0 Å². The molecule has 2 amide bonds. The van der Waals surface area contributed by atoms with Crippen molar-refractivity contribution in [1.82, 2.24) is 0 Å². The number of hydrogen-bond donors (Lipinski definition) is 2. The fourth-order valence-electron chi connectivity index (χ4n) is 2.03. The lowest BCUT2D eigenvalue weighted by atomic mass is 10.2. The fraction of sp³-hybridized carbons (Fsp3) is 0.176. The summed E-state index contributed by atoms with van der Waals surface area (Å²) in [5.74, 6) is -0.747. The number of carbonyl (C=O) groups excluding carboxylic acids is 2. The maximum absolute atomic E-state index is 13.1.